The molecule has 1 aromatic rings. The number of nitrogens with zero attached hydrogens (tertiary/aromatic N) is 1. The predicted octanol–water partition coefficient (Wildman–Crippen LogP) is 1.88. The minimum Gasteiger partial charge on any atom is -0.316 e. The van der Waals surface area contributed by atoms with Gasteiger partial charge in [0.2, 0.25) is 0 Å². The predicted molar refractivity (Wildman–Crippen MR) is 74.9 cm³/mol. The Morgan fingerprint density at radius 2 is 2.22 bits per heavy atom. The molecule has 0 radical (unpaired) electrons. The smallest absolute Gasteiger partial charge is 0.251 e. The lowest BCUT2D eigenvalue weighted by Crippen LogP contribution is -2.45. The zero-order valence-corrected chi connectivity index (χ0v) is 12.0. The van der Waals surface area contributed by atoms with Crippen LogP contribution in [0.4, 0.5) is 0 Å². The number of aromatic nitrogens is 2. The molecule has 2 N–H and O–H groups in total. The summed E-state index contributed by atoms with van der Waals surface area (Å²) >= 11 is 1.69. The number of hydrogen-bond acceptors (Lipinski definition) is 4. The first kappa shape index (κ1) is 13.6. The first-order valence-corrected chi connectivity index (χ1v) is 7.37. The van der Waals surface area contributed by atoms with E-state index in [2.05, 4.69) is 29.1 Å². The maximum absolute atomic E-state index is 11.3. The topological polar surface area (TPSA) is 57.8 Å². The highest BCUT2D eigenvalue weighted by atomic mass is 32.2. The third-order valence-electron chi connectivity index (χ3n) is 3.65. The van der Waals surface area contributed by atoms with Crippen molar-refractivity contribution in [3.05, 3.63) is 22.6 Å². The molecule has 100 valence electrons. The Kier molecular flexibility index (Phi) is 4.45. The third-order valence-corrected chi connectivity index (χ3v) is 5.15. The molecular formula is C13H21N3OS. The zero-order valence-electron chi connectivity index (χ0n) is 11.1. The molecule has 0 aliphatic heterocycles. The summed E-state index contributed by atoms with van der Waals surface area (Å²) < 4.78 is 0. The van der Waals surface area contributed by atoms with Gasteiger partial charge in [0, 0.05) is 23.6 Å². The summed E-state index contributed by atoms with van der Waals surface area (Å²) in [7, 11) is 2.02. The molecule has 1 heterocycles. The van der Waals surface area contributed by atoms with E-state index >= 15 is 0 Å². The first-order chi connectivity index (χ1) is 8.60. The van der Waals surface area contributed by atoms with Gasteiger partial charge in [0.15, 0.2) is 5.16 Å². The highest BCUT2D eigenvalue weighted by molar-refractivity contribution is 7.99. The molecule has 1 fully saturated rings. The van der Waals surface area contributed by atoms with Crippen LogP contribution in [0.15, 0.2) is 22.2 Å². The Bertz CT molecular complexity index is 448. The Hall–Kier alpha value is -0.810. The Balaban J connectivity index is 2.13. The van der Waals surface area contributed by atoms with Crippen LogP contribution in [0, 0.1) is 11.8 Å². The molecule has 0 spiro atoms. The summed E-state index contributed by atoms with van der Waals surface area (Å²) in [6.07, 6.45) is 4.01. The van der Waals surface area contributed by atoms with Crippen LogP contribution in [0.1, 0.15) is 26.7 Å². The van der Waals surface area contributed by atoms with E-state index in [-0.39, 0.29) is 5.56 Å². The third kappa shape index (κ3) is 3.14. The molecule has 0 saturated heterocycles. The summed E-state index contributed by atoms with van der Waals surface area (Å²) in [5.74, 6) is 1.39. The van der Waals surface area contributed by atoms with Crippen molar-refractivity contribution in [3.8, 4) is 0 Å². The maximum Gasteiger partial charge on any atom is 0.251 e. The van der Waals surface area contributed by atoms with Crippen LogP contribution >= 0.6 is 11.8 Å². The maximum atomic E-state index is 11.3. The van der Waals surface area contributed by atoms with Gasteiger partial charge in [0.25, 0.3) is 5.56 Å². The summed E-state index contributed by atoms with van der Waals surface area (Å²) in [5.41, 5.74) is -0.0784. The van der Waals surface area contributed by atoms with Crippen LogP contribution in [-0.2, 0) is 0 Å². The van der Waals surface area contributed by atoms with Gasteiger partial charge in [-0.15, -0.1) is 0 Å². The molecule has 0 aromatic carbocycles. The largest absolute Gasteiger partial charge is 0.316 e. The standard InChI is InChI=1S/C13H21N3OS/c1-8-6-9(2)12(10(7-8)14-3)18-13-15-5-4-11(17)16-13/h4-5,8-10,12,14H,6-7H2,1-3H3,(H,15,16,17). The molecule has 4 atom stereocenters. The number of aromatic amines is 1. The molecule has 18 heavy (non-hydrogen) atoms. The number of rotatable bonds is 3. The minimum atomic E-state index is -0.0784. The second-order valence-electron chi connectivity index (χ2n) is 5.27. The lowest BCUT2D eigenvalue weighted by molar-refractivity contribution is 0.256. The van der Waals surface area contributed by atoms with Gasteiger partial charge < -0.3 is 10.3 Å². The molecular weight excluding hydrogens is 246 g/mol. The molecule has 1 aliphatic rings. The molecule has 1 aliphatic carbocycles. The van der Waals surface area contributed by atoms with E-state index in [1.807, 2.05) is 7.05 Å². The van der Waals surface area contributed by atoms with Gasteiger partial charge in [-0.2, -0.15) is 0 Å². The highest BCUT2D eigenvalue weighted by Gasteiger charge is 2.34. The summed E-state index contributed by atoms with van der Waals surface area (Å²) in [5, 5.41) is 4.61. The lowest BCUT2D eigenvalue weighted by Gasteiger charge is -2.38. The van der Waals surface area contributed by atoms with Gasteiger partial charge in [-0.1, -0.05) is 25.6 Å². The summed E-state index contributed by atoms with van der Waals surface area (Å²) in [6, 6.07) is 1.94. The van der Waals surface area contributed by atoms with Crippen molar-refractivity contribution in [2.45, 2.75) is 43.1 Å². The van der Waals surface area contributed by atoms with Crippen molar-refractivity contribution >= 4 is 11.8 Å². The average Bonchev–Trinajstić information content (AvgIpc) is 2.32. The van der Waals surface area contributed by atoms with Crippen molar-refractivity contribution in [2.75, 3.05) is 7.05 Å². The molecule has 4 unspecified atom stereocenters. The second-order valence-corrected chi connectivity index (χ2v) is 6.44. The Morgan fingerprint density at radius 1 is 1.44 bits per heavy atom. The quantitative estimate of drug-likeness (QED) is 0.821. The number of H-pyrrole nitrogens is 1. The van der Waals surface area contributed by atoms with Gasteiger partial charge in [0.05, 0.1) is 0 Å². The molecule has 2 rings (SSSR count). The molecule has 1 saturated carbocycles. The SMILES string of the molecule is CNC1CC(C)CC(C)C1Sc1nccc(=O)[nH]1. The zero-order chi connectivity index (χ0) is 13.1. The van der Waals surface area contributed by atoms with Crippen LogP contribution < -0.4 is 10.9 Å². The van der Waals surface area contributed by atoms with E-state index in [9.17, 15) is 4.79 Å². The van der Waals surface area contributed by atoms with Crippen LogP contribution in [0.25, 0.3) is 0 Å². The highest BCUT2D eigenvalue weighted by Crippen LogP contribution is 2.38. The molecule has 5 heteroatoms. The van der Waals surface area contributed by atoms with Gasteiger partial charge in [0.1, 0.15) is 0 Å². The van der Waals surface area contributed by atoms with Crippen molar-refractivity contribution in [2.24, 2.45) is 11.8 Å². The van der Waals surface area contributed by atoms with E-state index in [1.165, 1.54) is 18.9 Å². The first-order valence-electron chi connectivity index (χ1n) is 6.49. The van der Waals surface area contributed by atoms with Crippen molar-refractivity contribution in [3.63, 3.8) is 0 Å². The fourth-order valence-electron chi connectivity index (χ4n) is 2.85. The molecule has 0 amide bonds. The van der Waals surface area contributed by atoms with E-state index < -0.39 is 0 Å². The average molecular weight is 267 g/mol. The molecule has 1 aromatic heterocycles. The van der Waals surface area contributed by atoms with Gasteiger partial charge in [-0.3, -0.25) is 4.79 Å². The molecule has 0 bridgehead atoms. The van der Waals surface area contributed by atoms with E-state index in [0.29, 0.717) is 17.2 Å². The fraction of sp³-hybridized carbons (Fsp3) is 0.692. The number of hydrogen-bond donors (Lipinski definition) is 2. The van der Waals surface area contributed by atoms with Crippen molar-refractivity contribution < 1.29 is 0 Å². The normalized spacial score (nSPS) is 32.4. The monoisotopic (exact) mass is 267 g/mol. The van der Waals surface area contributed by atoms with Crippen LogP contribution in [0.5, 0.6) is 0 Å². The van der Waals surface area contributed by atoms with Gasteiger partial charge >= 0.3 is 0 Å². The van der Waals surface area contributed by atoms with E-state index in [1.54, 1.807) is 18.0 Å². The Labute approximate surface area is 112 Å². The van der Waals surface area contributed by atoms with Crippen LogP contribution in [0.2, 0.25) is 0 Å². The minimum absolute atomic E-state index is 0.0784. The van der Waals surface area contributed by atoms with Gasteiger partial charge in [-0.05, 0) is 31.7 Å². The van der Waals surface area contributed by atoms with Gasteiger partial charge in [-0.25, -0.2) is 4.98 Å². The molecule has 4 nitrogen and oxygen atoms in total. The number of nitrogens with one attached hydrogen (secondary N) is 2. The van der Waals surface area contributed by atoms with Crippen molar-refractivity contribution in [1.82, 2.24) is 15.3 Å². The van der Waals surface area contributed by atoms with Crippen molar-refractivity contribution in [1.29, 1.82) is 0 Å². The lowest BCUT2D eigenvalue weighted by atomic mass is 9.80. The Morgan fingerprint density at radius 3 is 2.89 bits per heavy atom. The van der Waals surface area contributed by atoms with E-state index in [4.69, 9.17) is 0 Å². The van der Waals surface area contributed by atoms with Crippen LogP contribution in [-0.4, -0.2) is 28.3 Å². The number of thioether (sulfide) groups is 1. The summed E-state index contributed by atoms with van der Waals surface area (Å²) in [6.45, 7) is 4.60. The second kappa shape index (κ2) is 5.89. The summed E-state index contributed by atoms with van der Waals surface area (Å²) in [4.78, 5) is 18.3. The van der Waals surface area contributed by atoms with Crippen LogP contribution in [0.3, 0.4) is 0 Å². The fourth-order valence-corrected chi connectivity index (χ4v) is 4.14. The van der Waals surface area contributed by atoms with E-state index in [0.717, 1.165) is 11.1 Å².